The molecular weight excluding hydrogens is 487 g/mol. The number of pyridine rings is 1. The van der Waals surface area contributed by atoms with Gasteiger partial charge in [-0.1, -0.05) is 35.3 Å². The van der Waals surface area contributed by atoms with E-state index in [0.717, 1.165) is 21.5 Å². The Bertz CT molecular complexity index is 1480. The van der Waals surface area contributed by atoms with Crippen LogP contribution in [0.2, 0.25) is 10.0 Å². The summed E-state index contributed by atoms with van der Waals surface area (Å²) < 4.78 is 7.45. The lowest BCUT2D eigenvalue weighted by Gasteiger charge is -2.08. The van der Waals surface area contributed by atoms with Gasteiger partial charge in [0.05, 0.1) is 23.7 Å². The zero-order chi connectivity index (χ0) is 23.7. The third kappa shape index (κ3) is 4.66. The maximum absolute atomic E-state index is 13.1. The number of rotatable bonds is 6. The second kappa shape index (κ2) is 9.38. The number of nitrogens with one attached hydrogen (secondary N) is 1. The van der Waals surface area contributed by atoms with E-state index in [1.54, 1.807) is 43.5 Å². The molecule has 0 spiro atoms. The van der Waals surface area contributed by atoms with Gasteiger partial charge in [0, 0.05) is 30.6 Å². The fourth-order valence-corrected chi connectivity index (χ4v) is 4.56. The zero-order valence-corrected chi connectivity index (χ0v) is 19.9. The number of benzene rings is 1. The molecule has 0 fully saturated rings. The lowest BCUT2D eigenvalue weighted by Crippen LogP contribution is -2.38. The number of aryl methyl sites for hydroxylation is 1. The van der Waals surface area contributed by atoms with E-state index in [2.05, 4.69) is 10.3 Å². The fraction of sp³-hybridized carbons (Fsp3) is 0.182. The summed E-state index contributed by atoms with van der Waals surface area (Å²) in [6, 6.07) is 8.41. The minimum atomic E-state index is -0.540. The highest BCUT2D eigenvalue weighted by atomic mass is 35.5. The largest absolute Gasteiger partial charge is 0.481 e. The van der Waals surface area contributed by atoms with Gasteiger partial charge in [0.2, 0.25) is 5.88 Å². The third-order valence-corrected chi connectivity index (χ3v) is 6.95. The second-order valence-electron chi connectivity index (χ2n) is 7.21. The normalized spacial score (nSPS) is 11.0. The number of nitrogens with zero attached hydrogens (tertiary/aromatic N) is 3. The number of ether oxygens (including phenoxy) is 1. The summed E-state index contributed by atoms with van der Waals surface area (Å²) in [5.74, 6) is 0.119. The molecule has 3 aromatic heterocycles. The topological polar surface area (TPSA) is 94.7 Å². The monoisotopic (exact) mass is 504 g/mol. The molecule has 33 heavy (non-hydrogen) atoms. The van der Waals surface area contributed by atoms with Crippen molar-refractivity contribution in [1.82, 2.24) is 19.3 Å². The van der Waals surface area contributed by atoms with Crippen LogP contribution in [0.15, 0.2) is 52.3 Å². The van der Waals surface area contributed by atoms with Gasteiger partial charge >= 0.3 is 5.69 Å². The zero-order valence-electron chi connectivity index (χ0n) is 17.6. The molecule has 1 amide bonds. The summed E-state index contributed by atoms with van der Waals surface area (Å²) in [5.41, 5.74) is 0.854. The first-order chi connectivity index (χ1) is 15.8. The lowest BCUT2D eigenvalue weighted by molar-refractivity contribution is 0.0954. The van der Waals surface area contributed by atoms with Gasteiger partial charge in [-0.3, -0.25) is 18.6 Å². The maximum Gasteiger partial charge on any atom is 0.336 e. The number of amides is 1. The summed E-state index contributed by atoms with van der Waals surface area (Å²) in [7, 11) is 1.52. The third-order valence-electron chi connectivity index (χ3n) is 5.00. The number of fused-ring (bicyclic) bond motifs is 1. The number of hydrogen-bond donors (Lipinski definition) is 1. The lowest BCUT2D eigenvalue weighted by atomic mass is 10.2. The van der Waals surface area contributed by atoms with E-state index in [9.17, 15) is 14.4 Å². The molecule has 0 radical (unpaired) electrons. The molecule has 0 saturated heterocycles. The summed E-state index contributed by atoms with van der Waals surface area (Å²) in [6.45, 7) is 1.91. The molecule has 170 valence electrons. The number of methoxy groups -OCH3 is 1. The van der Waals surface area contributed by atoms with Gasteiger partial charge in [-0.2, -0.15) is 0 Å². The Kier molecular flexibility index (Phi) is 6.55. The second-order valence-corrected chi connectivity index (χ2v) is 9.05. The van der Waals surface area contributed by atoms with Crippen LogP contribution in [-0.4, -0.2) is 27.0 Å². The molecule has 0 unspecified atom stereocenters. The summed E-state index contributed by atoms with van der Waals surface area (Å²) in [4.78, 5) is 43.5. The fourth-order valence-electron chi connectivity index (χ4n) is 3.24. The van der Waals surface area contributed by atoms with Crippen molar-refractivity contribution in [2.45, 2.75) is 20.0 Å². The highest BCUT2D eigenvalue weighted by Gasteiger charge is 2.18. The molecule has 0 atom stereocenters. The number of carbonyl (C=O) groups excluding carboxylic acids is 1. The molecule has 0 saturated carbocycles. The molecule has 3 heterocycles. The van der Waals surface area contributed by atoms with Gasteiger partial charge < -0.3 is 10.1 Å². The van der Waals surface area contributed by atoms with Gasteiger partial charge in [-0.15, -0.1) is 11.3 Å². The van der Waals surface area contributed by atoms with E-state index in [1.165, 1.54) is 17.7 Å². The summed E-state index contributed by atoms with van der Waals surface area (Å²) in [5, 5.41) is 3.52. The Morgan fingerprint density at radius 3 is 2.58 bits per heavy atom. The number of halogens is 2. The van der Waals surface area contributed by atoms with Gasteiger partial charge in [0.15, 0.2) is 0 Å². The Morgan fingerprint density at radius 1 is 1.15 bits per heavy atom. The van der Waals surface area contributed by atoms with Crippen molar-refractivity contribution in [3.05, 3.63) is 95.2 Å². The van der Waals surface area contributed by atoms with Gasteiger partial charge in [0.1, 0.15) is 9.71 Å². The van der Waals surface area contributed by atoms with E-state index < -0.39 is 11.2 Å². The van der Waals surface area contributed by atoms with Crippen LogP contribution >= 0.6 is 34.5 Å². The predicted octanol–water partition coefficient (Wildman–Crippen LogP) is 3.52. The molecule has 0 bridgehead atoms. The average Bonchev–Trinajstić information content (AvgIpc) is 3.27. The van der Waals surface area contributed by atoms with Crippen molar-refractivity contribution < 1.29 is 9.53 Å². The van der Waals surface area contributed by atoms with Crippen molar-refractivity contribution in [3.63, 3.8) is 0 Å². The maximum atomic E-state index is 13.1. The Labute approximate surface area is 202 Å². The highest BCUT2D eigenvalue weighted by molar-refractivity contribution is 7.19. The Morgan fingerprint density at radius 2 is 1.91 bits per heavy atom. The molecule has 4 aromatic rings. The molecule has 1 N–H and O–H groups in total. The van der Waals surface area contributed by atoms with Crippen LogP contribution < -0.4 is 21.3 Å². The molecule has 1 aromatic carbocycles. The van der Waals surface area contributed by atoms with E-state index in [0.29, 0.717) is 36.8 Å². The summed E-state index contributed by atoms with van der Waals surface area (Å²) >= 11 is 13.1. The first-order valence-electron chi connectivity index (χ1n) is 9.75. The molecule has 0 aliphatic rings. The molecule has 11 heteroatoms. The van der Waals surface area contributed by atoms with Crippen LogP contribution in [0.25, 0.3) is 4.83 Å². The van der Waals surface area contributed by atoms with Gasteiger partial charge in [-0.25, -0.2) is 9.78 Å². The summed E-state index contributed by atoms with van der Waals surface area (Å²) in [6.07, 6.45) is 3.05. The number of carbonyl (C=O) groups is 1. The van der Waals surface area contributed by atoms with Crippen LogP contribution in [0.5, 0.6) is 5.88 Å². The van der Waals surface area contributed by atoms with Crippen molar-refractivity contribution in [2.24, 2.45) is 0 Å². The highest BCUT2D eigenvalue weighted by Crippen LogP contribution is 2.23. The smallest absolute Gasteiger partial charge is 0.336 e. The Balaban J connectivity index is 1.62. The van der Waals surface area contributed by atoms with Crippen LogP contribution in [0.4, 0.5) is 0 Å². The van der Waals surface area contributed by atoms with Crippen molar-refractivity contribution in [3.8, 4) is 5.88 Å². The first kappa shape index (κ1) is 23.0. The minimum absolute atomic E-state index is 0.0280. The number of aromatic nitrogens is 3. The standard InChI is InChI=1S/C22H18Cl2N4O4S/c1-12-20(30)27(10-13-3-5-15(23)16(24)7-13)22(31)28-11-17(33-21(12)28)19(29)26-9-14-4-6-18(32-2)25-8-14/h3-8,11H,9-10H2,1-2H3,(H,26,29). The number of thiazole rings is 1. The van der Waals surface area contributed by atoms with Crippen LogP contribution in [-0.2, 0) is 13.1 Å². The van der Waals surface area contributed by atoms with Crippen LogP contribution in [0, 0.1) is 6.92 Å². The minimum Gasteiger partial charge on any atom is -0.481 e. The van der Waals surface area contributed by atoms with E-state index in [1.807, 2.05) is 0 Å². The quantitative estimate of drug-likeness (QED) is 0.433. The average molecular weight is 505 g/mol. The Hall–Kier alpha value is -3.14. The molecule has 8 nitrogen and oxygen atoms in total. The van der Waals surface area contributed by atoms with Gasteiger partial charge in [0.25, 0.3) is 11.5 Å². The SMILES string of the molecule is COc1ccc(CNC(=O)c2cn3c(=O)n(Cc4ccc(Cl)c(Cl)c4)c(=O)c(C)c3s2)cn1. The molecule has 0 aliphatic carbocycles. The predicted molar refractivity (Wildman–Crippen MR) is 128 cm³/mol. The van der Waals surface area contributed by atoms with Crippen molar-refractivity contribution >= 4 is 45.3 Å². The van der Waals surface area contributed by atoms with Crippen molar-refractivity contribution in [1.29, 1.82) is 0 Å². The van der Waals surface area contributed by atoms with E-state index in [4.69, 9.17) is 27.9 Å². The van der Waals surface area contributed by atoms with Gasteiger partial charge in [-0.05, 0) is 30.2 Å². The molecule has 4 rings (SSSR count). The van der Waals surface area contributed by atoms with Crippen molar-refractivity contribution in [2.75, 3.05) is 7.11 Å². The molecule has 0 aliphatic heterocycles. The first-order valence-corrected chi connectivity index (χ1v) is 11.3. The van der Waals surface area contributed by atoms with Crippen LogP contribution in [0.1, 0.15) is 26.4 Å². The molecular formula is C22H18Cl2N4O4S. The number of hydrogen-bond acceptors (Lipinski definition) is 6. The van der Waals surface area contributed by atoms with E-state index in [-0.39, 0.29) is 19.0 Å². The van der Waals surface area contributed by atoms with Crippen LogP contribution in [0.3, 0.4) is 0 Å². The van der Waals surface area contributed by atoms with E-state index >= 15 is 0 Å².